The van der Waals surface area contributed by atoms with Crippen LogP contribution in [0.25, 0.3) is 0 Å². The molecule has 2 aromatic rings. The van der Waals surface area contributed by atoms with E-state index < -0.39 is 0 Å². The molecular weight excluding hydrogens is 292 g/mol. The molecule has 2 aliphatic carbocycles. The van der Waals surface area contributed by atoms with Crippen LogP contribution in [0.4, 0.5) is 0 Å². The fourth-order valence-corrected chi connectivity index (χ4v) is 5.51. The average Bonchev–Trinajstić information content (AvgIpc) is 2.83. The van der Waals surface area contributed by atoms with Crippen molar-refractivity contribution in [3.63, 3.8) is 0 Å². The highest BCUT2D eigenvalue weighted by Crippen LogP contribution is 2.74. The summed E-state index contributed by atoms with van der Waals surface area (Å²) < 4.78 is 0. The van der Waals surface area contributed by atoms with Crippen LogP contribution in [0.1, 0.15) is 25.0 Å². The zero-order valence-corrected chi connectivity index (χ0v) is 14.2. The number of hydrogen-bond donors (Lipinski definition) is 0. The van der Waals surface area contributed by atoms with Crippen LogP contribution in [-0.2, 0) is 12.0 Å². The predicted octanol–water partition coefficient (Wildman–Crippen LogP) is 5.17. The SMILES string of the molecule is C[C@@]1(Cc2ccccc2)[C@]2(C)N=N[C@@]1(c1ccccc1)[C@H]1C=C[C@H]12. The molecular formula is C22H22N2. The molecule has 1 aliphatic heterocycles. The first-order valence-corrected chi connectivity index (χ1v) is 8.84. The molecule has 0 N–H and O–H groups in total. The van der Waals surface area contributed by atoms with Crippen molar-refractivity contribution in [3.05, 3.63) is 83.9 Å². The number of azo groups is 1. The molecule has 1 fully saturated rings. The Balaban J connectivity index is 1.71. The maximum absolute atomic E-state index is 4.98. The molecule has 5 rings (SSSR count). The van der Waals surface area contributed by atoms with Crippen molar-refractivity contribution in [1.82, 2.24) is 0 Å². The molecule has 0 saturated heterocycles. The van der Waals surface area contributed by atoms with Gasteiger partial charge in [0.05, 0.1) is 5.54 Å². The lowest BCUT2D eigenvalue weighted by Crippen LogP contribution is -2.47. The Morgan fingerprint density at radius 3 is 2.04 bits per heavy atom. The highest BCUT2D eigenvalue weighted by Gasteiger charge is 2.77. The van der Waals surface area contributed by atoms with Gasteiger partial charge < -0.3 is 0 Å². The summed E-state index contributed by atoms with van der Waals surface area (Å²) in [5, 5.41) is 9.87. The smallest absolute Gasteiger partial charge is 0.121 e. The third-order valence-corrected chi connectivity index (χ3v) is 7.03. The van der Waals surface area contributed by atoms with Crippen molar-refractivity contribution < 1.29 is 0 Å². The van der Waals surface area contributed by atoms with Gasteiger partial charge >= 0.3 is 0 Å². The standard InChI is InChI=1S/C22H22N2/c1-20(15-16-9-5-3-6-10-16)21(2)18-13-14-19(18)22(20,24-23-21)17-11-7-4-8-12-17/h3-14,18-19H,15H2,1-2H3/t18-,19+,20-,21-,22+/m1/s1. The predicted molar refractivity (Wildman–Crippen MR) is 95.8 cm³/mol. The Morgan fingerprint density at radius 2 is 1.42 bits per heavy atom. The van der Waals surface area contributed by atoms with Gasteiger partial charge in [-0.1, -0.05) is 79.7 Å². The van der Waals surface area contributed by atoms with Crippen LogP contribution in [0, 0.1) is 17.3 Å². The van der Waals surface area contributed by atoms with Gasteiger partial charge in [0.25, 0.3) is 0 Å². The molecule has 120 valence electrons. The van der Waals surface area contributed by atoms with E-state index in [2.05, 4.69) is 86.7 Å². The second-order valence-corrected chi connectivity index (χ2v) is 7.91. The highest BCUT2D eigenvalue weighted by molar-refractivity contribution is 5.47. The van der Waals surface area contributed by atoms with Gasteiger partial charge in [0.1, 0.15) is 5.54 Å². The van der Waals surface area contributed by atoms with Crippen LogP contribution in [0.2, 0.25) is 0 Å². The van der Waals surface area contributed by atoms with Crippen molar-refractivity contribution >= 4 is 0 Å². The molecule has 2 aromatic carbocycles. The molecule has 0 unspecified atom stereocenters. The van der Waals surface area contributed by atoms with E-state index in [-0.39, 0.29) is 16.5 Å². The summed E-state index contributed by atoms with van der Waals surface area (Å²) in [6.45, 7) is 4.73. The van der Waals surface area contributed by atoms with Crippen LogP contribution in [0.15, 0.2) is 83.0 Å². The first-order valence-electron chi connectivity index (χ1n) is 8.84. The lowest BCUT2D eigenvalue weighted by Gasteiger charge is -2.42. The topological polar surface area (TPSA) is 24.7 Å². The largest absolute Gasteiger partial charge is 0.185 e. The summed E-state index contributed by atoms with van der Waals surface area (Å²) in [5.41, 5.74) is 2.30. The number of fused-ring (bicyclic) bond motifs is 5. The summed E-state index contributed by atoms with van der Waals surface area (Å²) in [7, 11) is 0. The molecule has 2 heteroatoms. The van der Waals surface area contributed by atoms with Gasteiger partial charge in [0.15, 0.2) is 0 Å². The van der Waals surface area contributed by atoms with Crippen molar-refractivity contribution in [2.45, 2.75) is 31.3 Å². The fraction of sp³-hybridized carbons (Fsp3) is 0.364. The van der Waals surface area contributed by atoms with Crippen LogP contribution >= 0.6 is 0 Å². The van der Waals surface area contributed by atoms with Gasteiger partial charge in [0, 0.05) is 17.3 Å². The van der Waals surface area contributed by atoms with Crippen LogP contribution in [-0.4, -0.2) is 5.54 Å². The summed E-state index contributed by atoms with van der Waals surface area (Å²) in [5.74, 6) is 0.972. The monoisotopic (exact) mass is 314 g/mol. The van der Waals surface area contributed by atoms with Gasteiger partial charge in [-0.05, 0) is 24.5 Å². The van der Waals surface area contributed by atoms with Gasteiger partial charge in [-0.15, -0.1) is 0 Å². The van der Waals surface area contributed by atoms with E-state index in [4.69, 9.17) is 10.2 Å². The van der Waals surface area contributed by atoms with E-state index in [1.54, 1.807) is 0 Å². The fourth-order valence-electron chi connectivity index (χ4n) is 5.51. The molecule has 0 amide bonds. The average molecular weight is 314 g/mol. The molecule has 1 saturated carbocycles. The third-order valence-electron chi connectivity index (χ3n) is 7.03. The molecule has 3 aliphatic rings. The Labute approximate surface area is 143 Å². The quantitative estimate of drug-likeness (QED) is 0.698. The zero-order chi connectivity index (χ0) is 16.4. The first-order chi connectivity index (χ1) is 11.6. The number of hydrogen-bond acceptors (Lipinski definition) is 2. The van der Waals surface area contributed by atoms with Crippen molar-refractivity contribution in [3.8, 4) is 0 Å². The van der Waals surface area contributed by atoms with E-state index in [1.807, 2.05) is 0 Å². The lowest BCUT2D eigenvalue weighted by atomic mass is 9.61. The minimum absolute atomic E-state index is 0.0262. The molecule has 5 atom stereocenters. The maximum atomic E-state index is 4.98. The van der Waals surface area contributed by atoms with Crippen molar-refractivity contribution in [2.24, 2.45) is 27.5 Å². The Kier molecular flexibility index (Phi) is 2.62. The van der Waals surface area contributed by atoms with E-state index in [1.165, 1.54) is 11.1 Å². The number of rotatable bonds is 3. The van der Waals surface area contributed by atoms with Gasteiger partial charge in [-0.3, -0.25) is 0 Å². The third kappa shape index (κ3) is 1.39. The maximum Gasteiger partial charge on any atom is 0.121 e. The normalized spacial score (nSPS) is 41.2. The van der Waals surface area contributed by atoms with E-state index in [0.717, 1.165) is 6.42 Å². The summed E-state index contributed by atoms with van der Waals surface area (Å²) in [6, 6.07) is 21.7. The first kappa shape index (κ1) is 14.2. The van der Waals surface area contributed by atoms with Gasteiger partial charge in [-0.25, -0.2) is 0 Å². The zero-order valence-electron chi connectivity index (χ0n) is 14.2. The molecule has 1 heterocycles. The number of benzene rings is 2. The second kappa shape index (κ2) is 4.44. The van der Waals surface area contributed by atoms with Gasteiger partial charge in [-0.2, -0.15) is 10.2 Å². The number of nitrogens with zero attached hydrogens (tertiary/aromatic N) is 2. The minimum Gasteiger partial charge on any atom is -0.185 e. The summed E-state index contributed by atoms with van der Waals surface area (Å²) in [6.07, 6.45) is 5.72. The second-order valence-electron chi connectivity index (χ2n) is 7.91. The Hall–Kier alpha value is -2.22. The Morgan fingerprint density at radius 1 is 0.792 bits per heavy atom. The van der Waals surface area contributed by atoms with Crippen LogP contribution in [0.5, 0.6) is 0 Å². The van der Waals surface area contributed by atoms with Crippen molar-refractivity contribution in [1.29, 1.82) is 0 Å². The summed E-state index contributed by atoms with van der Waals surface area (Å²) in [4.78, 5) is 0. The van der Waals surface area contributed by atoms with E-state index in [9.17, 15) is 0 Å². The molecule has 2 nitrogen and oxygen atoms in total. The molecule has 2 bridgehead atoms. The van der Waals surface area contributed by atoms with Crippen molar-refractivity contribution in [2.75, 3.05) is 0 Å². The van der Waals surface area contributed by atoms with E-state index >= 15 is 0 Å². The van der Waals surface area contributed by atoms with E-state index in [0.29, 0.717) is 11.8 Å². The van der Waals surface area contributed by atoms with Crippen LogP contribution in [0.3, 0.4) is 0 Å². The molecule has 0 aromatic heterocycles. The molecule has 0 radical (unpaired) electrons. The van der Waals surface area contributed by atoms with Gasteiger partial charge in [0.2, 0.25) is 0 Å². The molecule has 24 heavy (non-hydrogen) atoms. The van der Waals surface area contributed by atoms with Crippen LogP contribution < -0.4 is 0 Å². The lowest BCUT2D eigenvalue weighted by molar-refractivity contribution is 0.144. The molecule has 0 spiro atoms. The minimum atomic E-state index is -0.238. The highest BCUT2D eigenvalue weighted by atomic mass is 15.3. The Bertz CT molecular complexity index is 841. The summed E-state index contributed by atoms with van der Waals surface area (Å²) >= 11 is 0.